The fourth-order valence-corrected chi connectivity index (χ4v) is 2.52. The first-order valence-corrected chi connectivity index (χ1v) is 6.99. The second-order valence-corrected chi connectivity index (χ2v) is 4.99. The van der Waals surface area contributed by atoms with Crippen molar-refractivity contribution in [2.24, 2.45) is 0 Å². The van der Waals surface area contributed by atoms with Gasteiger partial charge in [-0.2, -0.15) is 0 Å². The third-order valence-electron chi connectivity index (χ3n) is 3.59. The summed E-state index contributed by atoms with van der Waals surface area (Å²) >= 11 is 0. The van der Waals surface area contributed by atoms with Gasteiger partial charge in [-0.15, -0.1) is 0 Å². The molecular weight excluding hydrogens is 238 g/mol. The molecule has 0 saturated carbocycles. The number of nitrogens with zero attached hydrogens (tertiary/aromatic N) is 2. The maximum absolute atomic E-state index is 5.81. The molecule has 1 saturated heterocycles. The molecule has 4 nitrogen and oxygen atoms in total. The van der Waals surface area contributed by atoms with Crippen molar-refractivity contribution in [3.63, 3.8) is 0 Å². The molecule has 1 aliphatic heterocycles. The Hall–Kier alpha value is -1.68. The Morgan fingerprint density at radius 3 is 2.89 bits per heavy atom. The highest BCUT2D eigenvalue weighted by Gasteiger charge is 2.12. The summed E-state index contributed by atoms with van der Waals surface area (Å²) in [5.74, 6) is 0.879. The van der Waals surface area contributed by atoms with Gasteiger partial charge < -0.3 is 10.1 Å². The van der Waals surface area contributed by atoms with E-state index >= 15 is 0 Å². The van der Waals surface area contributed by atoms with Crippen LogP contribution in [-0.2, 0) is 0 Å². The first kappa shape index (κ1) is 12.4. The van der Waals surface area contributed by atoms with E-state index in [2.05, 4.69) is 15.3 Å². The van der Waals surface area contributed by atoms with Crippen LogP contribution in [-0.4, -0.2) is 29.2 Å². The van der Waals surface area contributed by atoms with Crippen LogP contribution >= 0.6 is 0 Å². The predicted molar refractivity (Wildman–Crippen MR) is 75.3 cm³/mol. The molecule has 2 heterocycles. The van der Waals surface area contributed by atoms with E-state index in [1.54, 1.807) is 12.4 Å². The zero-order valence-electron chi connectivity index (χ0n) is 11.0. The number of hydrogen-bond donors (Lipinski definition) is 1. The van der Waals surface area contributed by atoms with Gasteiger partial charge >= 0.3 is 0 Å². The molecular formula is C15H19N3O. The van der Waals surface area contributed by atoms with Crippen LogP contribution in [0.15, 0.2) is 30.6 Å². The van der Waals surface area contributed by atoms with E-state index in [0.717, 1.165) is 36.4 Å². The minimum absolute atomic E-state index is 0.619. The average Bonchev–Trinajstić information content (AvgIpc) is 2.48. The Kier molecular flexibility index (Phi) is 3.89. The van der Waals surface area contributed by atoms with E-state index in [-0.39, 0.29) is 0 Å². The smallest absolute Gasteiger partial charge is 0.121 e. The molecule has 0 bridgehead atoms. The van der Waals surface area contributed by atoms with E-state index < -0.39 is 0 Å². The monoisotopic (exact) mass is 257 g/mol. The third kappa shape index (κ3) is 3.20. The molecule has 1 N–H and O–H groups in total. The number of fused-ring (bicyclic) bond motifs is 1. The van der Waals surface area contributed by atoms with Crippen molar-refractivity contribution in [1.82, 2.24) is 15.3 Å². The van der Waals surface area contributed by atoms with Crippen LogP contribution in [0, 0.1) is 0 Å². The molecule has 1 aromatic heterocycles. The highest BCUT2D eigenvalue weighted by atomic mass is 16.5. The summed E-state index contributed by atoms with van der Waals surface area (Å²) in [7, 11) is 0. The van der Waals surface area contributed by atoms with Crippen molar-refractivity contribution in [2.75, 3.05) is 13.2 Å². The number of rotatable bonds is 4. The number of aromatic nitrogens is 2. The summed E-state index contributed by atoms with van der Waals surface area (Å²) in [5.41, 5.74) is 1.79. The summed E-state index contributed by atoms with van der Waals surface area (Å²) in [6.45, 7) is 1.90. The second kappa shape index (κ2) is 5.97. The van der Waals surface area contributed by atoms with Crippen LogP contribution in [0.25, 0.3) is 11.0 Å². The number of hydrogen-bond acceptors (Lipinski definition) is 4. The van der Waals surface area contributed by atoms with Crippen molar-refractivity contribution < 1.29 is 4.74 Å². The van der Waals surface area contributed by atoms with Crippen molar-refractivity contribution in [3.05, 3.63) is 30.6 Å². The summed E-state index contributed by atoms with van der Waals surface area (Å²) < 4.78 is 5.81. The Labute approximate surface area is 113 Å². The van der Waals surface area contributed by atoms with Crippen LogP contribution in [0.2, 0.25) is 0 Å². The van der Waals surface area contributed by atoms with Gasteiger partial charge in [0.15, 0.2) is 0 Å². The van der Waals surface area contributed by atoms with Crippen molar-refractivity contribution in [2.45, 2.75) is 31.7 Å². The molecule has 0 amide bonds. The SMILES string of the molecule is c1cnc2cc(OCCC3CCCCN3)ccc2n1. The molecule has 1 fully saturated rings. The molecule has 1 aromatic carbocycles. The lowest BCUT2D eigenvalue weighted by atomic mass is 10.0. The van der Waals surface area contributed by atoms with Crippen LogP contribution in [0.4, 0.5) is 0 Å². The molecule has 1 aliphatic rings. The number of piperidine rings is 1. The fraction of sp³-hybridized carbons (Fsp3) is 0.467. The third-order valence-corrected chi connectivity index (χ3v) is 3.59. The molecule has 1 unspecified atom stereocenters. The molecule has 0 spiro atoms. The van der Waals surface area contributed by atoms with Crippen molar-refractivity contribution in [1.29, 1.82) is 0 Å². The summed E-state index contributed by atoms with van der Waals surface area (Å²) in [5, 5.41) is 3.53. The Morgan fingerprint density at radius 2 is 2.05 bits per heavy atom. The lowest BCUT2D eigenvalue weighted by molar-refractivity contribution is 0.268. The van der Waals surface area contributed by atoms with Crippen LogP contribution in [0.1, 0.15) is 25.7 Å². The largest absolute Gasteiger partial charge is 0.493 e. The molecule has 2 aromatic rings. The number of ether oxygens (including phenoxy) is 1. The van der Waals surface area contributed by atoms with E-state index in [1.165, 1.54) is 19.3 Å². The standard InChI is InChI=1S/C15H19N3O/c1-2-7-16-12(3-1)6-10-19-13-4-5-14-15(11-13)18-9-8-17-14/h4-5,8-9,11-12,16H,1-3,6-7,10H2. The van der Waals surface area contributed by atoms with Gasteiger partial charge in [0, 0.05) is 24.5 Å². The van der Waals surface area contributed by atoms with E-state index in [9.17, 15) is 0 Å². The van der Waals surface area contributed by atoms with E-state index in [0.29, 0.717) is 6.04 Å². The second-order valence-electron chi connectivity index (χ2n) is 4.99. The van der Waals surface area contributed by atoms with Crippen LogP contribution in [0.5, 0.6) is 5.75 Å². The molecule has 0 radical (unpaired) electrons. The number of benzene rings is 1. The molecule has 0 aliphatic carbocycles. The highest BCUT2D eigenvalue weighted by molar-refractivity contribution is 5.75. The van der Waals surface area contributed by atoms with E-state index in [4.69, 9.17) is 4.74 Å². The molecule has 3 rings (SSSR count). The zero-order valence-corrected chi connectivity index (χ0v) is 11.0. The Morgan fingerprint density at radius 1 is 1.16 bits per heavy atom. The normalized spacial score (nSPS) is 19.5. The molecule has 4 heteroatoms. The molecule has 1 atom stereocenters. The summed E-state index contributed by atoms with van der Waals surface area (Å²) in [6, 6.07) is 6.49. The Bertz CT molecular complexity index is 538. The number of nitrogens with one attached hydrogen (secondary N) is 1. The van der Waals surface area contributed by atoms with Gasteiger partial charge in [-0.3, -0.25) is 9.97 Å². The summed E-state index contributed by atoms with van der Waals surface area (Å²) in [6.07, 6.45) is 8.39. The van der Waals surface area contributed by atoms with Gasteiger partial charge in [-0.05, 0) is 37.9 Å². The maximum Gasteiger partial charge on any atom is 0.121 e. The van der Waals surface area contributed by atoms with Crippen molar-refractivity contribution >= 4 is 11.0 Å². The summed E-state index contributed by atoms with van der Waals surface area (Å²) in [4.78, 5) is 8.53. The predicted octanol–water partition coefficient (Wildman–Crippen LogP) is 2.54. The zero-order chi connectivity index (χ0) is 12.9. The average molecular weight is 257 g/mol. The van der Waals surface area contributed by atoms with Gasteiger partial charge in [-0.25, -0.2) is 0 Å². The Balaban J connectivity index is 1.56. The lowest BCUT2D eigenvalue weighted by Gasteiger charge is -2.23. The van der Waals surface area contributed by atoms with Gasteiger partial charge in [-0.1, -0.05) is 6.42 Å². The van der Waals surface area contributed by atoms with Crippen molar-refractivity contribution in [3.8, 4) is 5.75 Å². The maximum atomic E-state index is 5.81. The van der Waals surface area contributed by atoms with Gasteiger partial charge in [0.25, 0.3) is 0 Å². The minimum Gasteiger partial charge on any atom is -0.493 e. The van der Waals surface area contributed by atoms with Crippen LogP contribution < -0.4 is 10.1 Å². The lowest BCUT2D eigenvalue weighted by Crippen LogP contribution is -2.35. The first-order valence-electron chi connectivity index (χ1n) is 6.99. The fourth-order valence-electron chi connectivity index (χ4n) is 2.52. The quantitative estimate of drug-likeness (QED) is 0.914. The van der Waals surface area contributed by atoms with Gasteiger partial charge in [0.05, 0.1) is 17.6 Å². The van der Waals surface area contributed by atoms with Gasteiger partial charge in [0.2, 0.25) is 0 Å². The minimum atomic E-state index is 0.619. The van der Waals surface area contributed by atoms with E-state index in [1.807, 2.05) is 18.2 Å². The topological polar surface area (TPSA) is 47.0 Å². The van der Waals surface area contributed by atoms with Crippen LogP contribution in [0.3, 0.4) is 0 Å². The van der Waals surface area contributed by atoms with Gasteiger partial charge in [0.1, 0.15) is 5.75 Å². The highest BCUT2D eigenvalue weighted by Crippen LogP contribution is 2.18. The molecule has 19 heavy (non-hydrogen) atoms. The molecule has 100 valence electrons. The first-order chi connectivity index (χ1) is 9.42.